The van der Waals surface area contributed by atoms with Crippen LogP contribution in [0.2, 0.25) is 0 Å². The van der Waals surface area contributed by atoms with Gasteiger partial charge in [0.15, 0.2) is 11.8 Å². The van der Waals surface area contributed by atoms with Crippen LogP contribution < -0.4 is 10.6 Å². The van der Waals surface area contributed by atoms with E-state index in [0.717, 1.165) is 35.3 Å². The van der Waals surface area contributed by atoms with Crippen molar-refractivity contribution in [3.8, 4) is 5.82 Å². The summed E-state index contributed by atoms with van der Waals surface area (Å²) in [5.41, 5.74) is 6.13. The Labute approximate surface area is 195 Å². The summed E-state index contributed by atoms with van der Waals surface area (Å²) < 4.78 is 1.87. The molecule has 2 N–H and O–H groups in total. The van der Waals surface area contributed by atoms with Gasteiger partial charge in [-0.15, -0.1) is 24.0 Å². The lowest BCUT2D eigenvalue weighted by Gasteiger charge is -2.16. The SMILES string of the molecule is CN=C(NCc1ccc(-n2nc(C)cc2C)nc1)NCC1CCc2ccccc21.I. The van der Waals surface area contributed by atoms with Crippen LogP contribution in [0.1, 0.15) is 40.4 Å². The maximum absolute atomic E-state index is 4.56. The molecule has 0 saturated carbocycles. The lowest BCUT2D eigenvalue weighted by molar-refractivity contribution is 0.641. The third-order valence-corrected chi connectivity index (χ3v) is 5.49. The molecule has 0 amide bonds. The standard InChI is InChI=1S/C23H28N6.HI/c1-16-12-17(2)29(28-16)22-11-8-18(13-25-22)14-26-23(24-3)27-15-20-10-9-19-6-4-5-7-21(19)20;/h4-8,11-13,20H,9-10,14-15H2,1-3H3,(H2,24,26,27);1H. The highest BCUT2D eigenvalue weighted by Crippen LogP contribution is 2.32. The maximum atomic E-state index is 4.56. The number of aliphatic imine (C=N–C) groups is 1. The van der Waals surface area contributed by atoms with E-state index in [-0.39, 0.29) is 24.0 Å². The molecule has 0 bridgehead atoms. The molecule has 3 aromatic rings. The minimum atomic E-state index is 0. The molecule has 1 aromatic carbocycles. The van der Waals surface area contributed by atoms with Gasteiger partial charge >= 0.3 is 0 Å². The number of benzene rings is 1. The molecule has 1 atom stereocenters. The highest BCUT2D eigenvalue weighted by Gasteiger charge is 2.21. The molecule has 0 aliphatic heterocycles. The zero-order valence-electron chi connectivity index (χ0n) is 17.7. The molecule has 1 unspecified atom stereocenters. The minimum absolute atomic E-state index is 0. The summed E-state index contributed by atoms with van der Waals surface area (Å²) in [5.74, 6) is 2.20. The second kappa shape index (κ2) is 10.1. The van der Waals surface area contributed by atoms with E-state index in [1.165, 1.54) is 24.0 Å². The molecule has 0 fully saturated rings. The van der Waals surface area contributed by atoms with Crippen LogP contribution >= 0.6 is 24.0 Å². The van der Waals surface area contributed by atoms with Gasteiger partial charge in [-0.05, 0) is 55.5 Å². The number of aromatic nitrogens is 3. The molecule has 6 nitrogen and oxygen atoms in total. The van der Waals surface area contributed by atoms with Gasteiger partial charge in [-0.25, -0.2) is 9.67 Å². The zero-order chi connectivity index (χ0) is 20.2. The molecule has 2 aromatic heterocycles. The van der Waals surface area contributed by atoms with Gasteiger partial charge in [0, 0.05) is 37.9 Å². The van der Waals surface area contributed by atoms with Crippen molar-refractivity contribution in [2.75, 3.05) is 13.6 Å². The third-order valence-electron chi connectivity index (χ3n) is 5.49. The summed E-state index contributed by atoms with van der Waals surface area (Å²) in [5, 5.41) is 11.3. The zero-order valence-corrected chi connectivity index (χ0v) is 20.1. The maximum Gasteiger partial charge on any atom is 0.191 e. The van der Waals surface area contributed by atoms with Crippen molar-refractivity contribution in [1.29, 1.82) is 0 Å². The average Bonchev–Trinajstić information content (AvgIpc) is 3.31. The van der Waals surface area contributed by atoms with Crippen LogP contribution in [-0.2, 0) is 13.0 Å². The van der Waals surface area contributed by atoms with Crippen molar-refractivity contribution in [2.45, 2.75) is 39.2 Å². The first-order valence-corrected chi connectivity index (χ1v) is 10.1. The van der Waals surface area contributed by atoms with E-state index in [2.05, 4.69) is 62.1 Å². The Morgan fingerprint density at radius 2 is 2.00 bits per heavy atom. The van der Waals surface area contributed by atoms with Gasteiger partial charge in [-0.2, -0.15) is 5.10 Å². The normalized spacial score (nSPS) is 15.4. The fourth-order valence-electron chi connectivity index (χ4n) is 3.99. The Balaban J connectivity index is 0.00000256. The lowest BCUT2D eigenvalue weighted by Crippen LogP contribution is -2.38. The van der Waals surface area contributed by atoms with Crippen LogP contribution in [0.3, 0.4) is 0 Å². The molecular formula is C23H29IN6. The smallest absolute Gasteiger partial charge is 0.191 e. The molecule has 2 heterocycles. The summed E-state index contributed by atoms with van der Waals surface area (Å²) >= 11 is 0. The summed E-state index contributed by atoms with van der Waals surface area (Å²) in [4.78, 5) is 8.92. The Kier molecular flexibility index (Phi) is 7.47. The van der Waals surface area contributed by atoms with Gasteiger partial charge in [-0.1, -0.05) is 30.3 Å². The number of halogens is 1. The lowest BCUT2D eigenvalue weighted by atomic mass is 10.0. The second-order valence-corrected chi connectivity index (χ2v) is 7.60. The fraction of sp³-hybridized carbons (Fsp3) is 0.348. The minimum Gasteiger partial charge on any atom is -0.356 e. The number of pyridine rings is 1. The molecule has 7 heteroatoms. The fourth-order valence-corrected chi connectivity index (χ4v) is 3.99. The predicted octanol–water partition coefficient (Wildman–Crippen LogP) is 3.90. The monoisotopic (exact) mass is 516 g/mol. The van der Waals surface area contributed by atoms with Gasteiger partial charge < -0.3 is 10.6 Å². The first kappa shape index (κ1) is 22.3. The van der Waals surface area contributed by atoms with Crippen LogP contribution in [0.5, 0.6) is 0 Å². The number of rotatable bonds is 5. The largest absolute Gasteiger partial charge is 0.356 e. The first-order valence-electron chi connectivity index (χ1n) is 10.1. The topological polar surface area (TPSA) is 67.1 Å². The number of hydrogen-bond donors (Lipinski definition) is 2. The van der Waals surface area contributed by atoms with E-state index in [0.29, 0.717) is 12.5 Å². The molecule has 4 rings (SSSR count). The summed E-state index contributed by atoms with van der Waals surface area (Å²) in [7, 11) is 1.81. The molecule has 0 radical (unpaired) electrons. The van der Waals surface area contributed by atoms with Crippen LogP contribution in [0.25, 0.3) is 5.82 Å². The Morgan fingerprint density at radius 3 is 2.70 bits per heavy atom. The van der Waals surface area contributed by atoms with Gasteiger partial charge in [0.05, 0.1) is 5.69 Å². The molecule has 1 aliphatic carbocycles. The van der Waals surface area contributed by atoms with Crippen LogP contribution in [0.15, 0.2) is 53.7 Å². The Bertz CT molecular complexity index is 1010. The van der Waals surface area contributed by atoms with E-state index >= 15 is 0 Å². The van der Waals surface area contributed by atoms with Crippen LogP contribution in [0, 0.1) is 13.8 Å². The second-order valence-electron chi connectivity index (χ2n) is 7.60. The molecule has 0 saturated heterocycles. The quantitative estimate of drug-likeness (QED) is 0.307. The van der Waals surface area contributed by atoms with E-state index in [1.807, 2.05) is 37.8 Å². The number of hydrogen-bond acceptors (Lipinski definition) is 3. The van der Waals surface area contributed by atoms with Crippen molar-refractivity contribution in [2.24, 2.45) is 4.99 Å². The molecule has 158 valence electrons. The molecule has 0 spiro atoms. The van der Waals surface area contributed by atoms with E-state index in [1.54, 1.807) is 0 Å². The highest BCUT2D eigenvalue weighted by atomic mass is 127. The third kappa shape index (κ3) is 5.00. The van der Waals surface area contributed by atoms with Gasteiger partial charge in [-0.3, -0.25) is 4.99 Å². The van der Waals surface area contributed by atoms with E-state index in [9.17, 15) is 0 Å². The van der Waals surface area contributed by atoms with Crippen molar-refractivity contribution in [3.05, 3.63) is 76.7 Å². The summed E-state index contributed by atoms with van der Waals surface area (Å²) in [6.07, 6.45) is 4.25. The van der Waals surface area contributed by atoms with Crippen LogP contribution in [0.4, 0.5) is 0 Å². The summed E-state index contributed by atoms with van der Waals surface area (Å²) in [6, 6.07) is 14.9. The van der Waals surface area contributed by atoms with E-state index < -0.39 is 0 Å². The first-order chi connectivity index (χ1) is 14.1. The van der Waals surface area contributed by atoms with E-state index in [4.69, 9.17) is 0 Å². The number of nitrogens with one attached hydrogen (secondary N) is 2. The highest BCUT2D eigenvalue weighted by molar-refractivity contribution is 14.0. The van der Waals surface area contributed by atoms with Gasteiger partial charge in [0.25, 0.3) is 0 Å². The number of nitrogens with zero attached hydrogens (tertiary/aromatic N) is 4. The van der Waals surface area contributed by atoms with Crippen LogP contribution in [-0.4, -0.2) is 34.3 Å². The van der Waals surface area contributed by atoms with Crippen molar-refractivity contribution >= 4 is 29.9 Å². The molecule has 1 aliphatic rings. The predicted molar refractivity (Wildman–Crippen MR) is 132 cm³/mol. The number of fused-ring (bicyclic) bond motifs is 1. The van der Waals surface area contributed by atoms with Crippen molar-refractivity contribution in [1.82, 2.24) is 25.4 Å². The van der Waals surface area contributed by atoms with Crippen molar-refractivity contribution < 1.29 is 0 Å². The number of guanidine groups is 1. The van der Waals surface area contributed by atoms with Gasteiger partial charge in [0.2, 0.25) is 0 Å². The van der Waals surface area contributed by atoms with Crippen molar-refractivity contribution in [3.63, 3.8) is 0 Å². The van der Waals surface area contributed by atoms with Gasteiger partial charge in [0.1, 0.15) is 0 Å². The molecular weight excluding hydrogens is 487 g/mol. The Hall–Kier alpha value is -2.42. The summed E-state index contributed by atoms with van der Waals surface area (Å²) in [6.45, 7) is 5.59. The molecule has 30 heavy (non-hydrogen) atoms. The average molecular weight is 516 g/mol. The number of aryl methyl sites for hydroxylation is 3. The Morgan fingerprint density at radius 1 is 1.17 bits per heavy atom.